The van der Waals surface area contributed by atoms with E-state index < -0.39 is 71.4 Å². The van der Waals surface area contributed by atoms with Crippen LogP contribution in [0, 0.1) is 23.7 Å². The number of hydrogen-bond donors (Lipinski definition) is 5. The number of carbonyl (C=O) groups excluding carboxylic acids is 7. The summed E-state index contributed by atoms with van der Waals surface area (Å²) in [7, 11) is 4.62. The number of carboxylic acid groups (broad SMARTS) is 1. The van der Waals surface area contributed by atoms with Crippen molar-refractivity contribution in [1.82, 2.24) is 30.7 Å². The van der Waals surface area contributed by atoms with Crippen LogP contribution in [0.15, 0.2) is 30.3 Å². The maximum Gasteiger partial charge on any atom is 0.326 e. The Bertz CT molecular complexity index is 1820. The number of nitrogens with zero attached hydrogens (tertiary/aromatic N) is 3. The molecule has 1 aromatic rings. The summed E-state index contributed by atoms with van der Waals surface area (Å²) in [6.45, 7) is 13.6. The lowest BCUT2D eigenvalue weighted by Gasteiger charge is -2.41. The summed E-state index contributed by atoms with van der Waals surface area (Å²) in [4.78, 5) is 110. The average Bonchev–Trinajstić information content (AvgIpc) is 3.86. The van der Waals surface area contributed by atoms with Gasteiger partial charge in [0.25, 0.3) is 0 Å². The normalized spacial score (nSPS) is 20.0. The van der Waals surface area contributed by atoms with Crippen LogP contribution in [0.2, 0.25) is 0 Å². The number of benzene rings is 1. The van der Waals surface area contributed by atoms with Gasteiger partial charge < -0.3 is 40.3 Å². The van der Waals surface area contributed by atoms with Crippen molar-refractivity contribution in [3.05, 3.63) is 35.9 Å². The molecule has 0 aromatic heterocycles. The van der Waals surface area contributed by atoms with E-state index in [1.807, 2.05) is 33.8 Å². The summed E-state index contributed by atoms with van der Waals surface area (Å²) < 4.78 is 11.9. The molecule has 0 saturated carbocycles. The third kappa shape index (κ3) is 15.2. The Morgan fingerprint density at radius 1 is 0.879 bits per heavy atom. The molecule has 1 aromatic carbocycles. The minimum absolute atomic E-state index is 0.0837. The highest BCUT2D eigenvalue weighted by atomic mass is 32.1. The monoisotopic (exact) mass is 945 g/mol. The third-order valence-corrected chi connectivity index (χ3v) is 13.6. The lowest BCUT2D eigenvalue weighted by molar-refractivity contribution is -0.148. The van der Waals surface area contributed by atoms with Gasteiger partial charge in [0.15, 0.2) is 0 Å². The Morgan fingerprint density at radius 3 is 2.08 bits per heavy atom. The maximum absolute atomic E-state index is 14.5. The molecule has 370 valence electrons. The smallest absolute Gasteiger partial charge is 0.326 e. The lowest BCUT2D eigenvalue weighted by atomic mass is 9.89. The van der Waals surface area contributed by atoms with E-state index in [4.69, 9.17) is 9.47 Å². The van der Waals surface area contributed by atoms with Gasteiger partial charge in [0, 0.05) is 53.6 Å². The van der Waals surface area contributed by atoms with Crippen LogP contribution in [0.5, 0.6) is 0 Å². The number of carbonyl (C=O) groups is 8. The van der Waals surface area contributed by atoms with Gasteiger partial charge in [-0.2, -0.15) is 12.6 Å². The van der Waals surface area contributed by atoms with E-state index in [1.165, 1.54) is 19.1 Å². The highest BCUT2D eigenvalue weighted by Crippen LogP contribution is 2.30. The molecule has 0 bridgehead atoms. The molecule has 0 aliphatic carbocycles. The van der Waals surface area contributed by atoms with Gasteiger partial charge in [-0.15, -0.1) is 0 Å². The molecule has 2 aliphatic heterocycles. The maximum atomic E-state index is 14.5. The van der Waals surface area contributed by atoms with E-state index in [0.29, 0.717) is 45.1 Å². The molecule has 2 fully saturated rings. The van der Waals surface area contributed by atoms with E-state index in [2.05, 4.69) is 28.6 Å². The summed E-state index contributed by atoms with van der Waals surface area (Å²) in [5, 5.41) is 17.7. The van der Waals surface area contributed by atoms with Crippen molar-refractivity contribution in [2.45, 2.75) is 160 Å². The fourth-order valence-electron chi connectivity index (χ4n) is 9.05. The van der Waals surface area contributed by atoms with Gasteiger partial charge in [0.05, 0.1) is 41.9 Å². The zero-order valence-corrected chi connectivity index (χ0v) is 41.5. The van der Waals surface area contributed by atoms with Gasteiger partial charge in [0.2, 0.25) is 41.4 Å². The van der Waals surface area contributed by atoms with Gasteiger partial charge in [-0.3, -0.25) is 38.5 Å². The molecular formula is C48H76N6O11S. The summed E-state index contributed by atoms with van der Waals surface area (Å²) in [5.41, 5.74) is 0.762. The van der Waals surface area contributed by atoms with Crippen molar-refractivity contribution in [1.29, 1.82) is 0 Å². The number of imide groups is 1. The van der Waals surface area contributed by atoms with Crippen molar-refractivity contribution < 1.29 is 52.9 Å². The lowest BCUT2D eigenvalue weighted by Crippen LogP contribution is -2.60. The van der Waals surface area contributed by atoms with Crippen LogP contribution < -0.4 is 16.0 Å². The fourth-order valence-corrected chi connectivity index (χ4v) is 9.34. The number of aliphatic carboxylic acids is 1. The number of thiol groups is 1. The number of ether oxygens (including phenoxy) is 2. The summed E-state index contributed by atoms with van der Waals surface area (Å²) in [6, 6.07) is 4.90. The Balaban J connectivity index is 1.68. The minimum atomic E-state index is -1.16. The number of rotatable bonds is 27. The summed E-state index contributed by atoms with van der Waals surface area (Å²) >= 11 is 4.15. The van der Waals surface area contributed by atoms with Gasteiger partial charge in [0.1, 0.15) is 18.1 Å². The first-order chi connectivity index (χ1) is 31.2. The van der Waals surface area contributed by atoms with Crippen molar-refractivity contribution in [2.75, 3.05) is 34.4 Å². The first-order valence-corrected chi connectivity index (χ1v) is 24.0. The van der Waals surface area contributed by atoms with Crippen LogP contribution in [0.1, 0.15) is 112 Å². The molecule has 10 atom stereocenters. The van der Waals surface area contributed by atoms with Crippen LogP contribution in [0.4, 0.5) is 0 Å². The first kappa shape index (κ1) is 55.8. The number of carboxylic acids is 1. The van der Waals surface area contributed by atoms with E-state index in [-0.39, 0.29) is 79.5 Å². The van der Waals surface area contributed by atoms with Gasteiger partial charge in [-0.05, 0) is 49.0 Å². The molecule has 3 rings (SSSR count). The number of methoxy groups -OCH3 is 2. The molecule has 7 amide bonds. The number of hydrogen-bond acceptors (Lipinski definition) is 11. The second kappa shape index (κ2) is 26.7. The number of nitrogens with one attached hydrogen (secondary N) is 3. The Labute approximate surface area is 396 Å². The Kier molecular flexibility index (Phi) is 22.6. The zero-order chi connectivity index (χ0) is 49.4. The van der Waals surface area contributed by atoms with Crippen molar-refractivity contribution in [3.63, 3.8) is 0 Å². The van der Waals surface area contributed by atoms with Crippen LogP contribution in [0.3, 0.4) is 0 Å². The SMILES string of the molecule is CC[C@H](C)[C@@H]([C@@H](CC(=O)N1CCC[C@H]1[C@H](OC)[C@@H](C)C(=O)N[C@@H](Cc1ccccc1)C(=O)O)OC)N(C)C(=O)[C@@H](NC(=O)[C@@H](NC(=O)CCCCCN1C(=O)CC(S)C1=O)C(C)C)C(C)C. The van der Waals surface area contributed by atoms with Crippen molar-refractivity contribution in [2.24, 2.45) is 23.7 Å². The molecule has 0 radical (unpaired) electrons. The molecular weight excluding hydrogens is 869 g/mol. The molecule has 2 saturated heterocycles. The largest absolute Gasteiger partial charge is 0.480 e. The quantitative estimate of drug-likeness (QED) is 0.0487. The predicted octanol–water partition coefficient (Wildman–Crippen LogP) is 3.62. The number of amides is 7. The molecule has 2 aliphatic rings. The highest BCUT2D eigenvalue weighted by molar-refractivity contribution is 7.81. The molecule has 17 nitrogen and oxygen atoms in total. The van der Waals surface area contributed by atoms with Crippen molar-refractivity contribution >= 4 is 59.9 Å². The molecule has 4 N–H and O–H groups in total. The van der Waals surface area contributed by atoms with Crippen LogP contribution in [-0.2, 0) is 54.3 Å². The van der Waals surface area contributed by atoms with Crippen LogP contribution >= 0.6 is 12.6 Å². The topological polar surface area (TPSA) is 221 Å². The van der Waals surface area contributed by atoms with Crippen molar-refractivity contribution in [3.8, 4) is 0 Å². The van der Waals surface area contributed by atoms with E-state index in [9.17, 15) is 43.5 Å². The Morgan fingerprint density at radius 2 is 1.53 bits per heavy atom. The van der Waals surface area contributed by atoms with E-state index >= 15 is 0 Å². The zero-order valence-electron chi connectivity index (χ0n) is 40.6. The van der Waals surface area contributed by atoms with Crippen LogP contribution in [0.25, 0.3) is 0 Å². The number of likely N-dealkylation sites (tertiary alicyclic amines) is 2. The molecule has 0 spiro atoms. The predicted molar refractivity (Wildman–Crippen MR) is 252 cm³/mol. The van der Waals surface area contributed by atoms with Gasteiger partial charge in [-0.1, -0.05) is 91.6 Å². The summed E-state index contributed by atoms with van der Waals surface area (Å²) in [5.74, 6) is -5.25. The minimum Gasteiger partial charge on any atom is -0.480 e. The van der Waals surface area contributed by atoms with Crippen LogP contribution in [-0.4, -0.2) is 149 Å². The van der Waals surface area contributed by atoms with E-state index in [0.717, 1.165) is 5.56 Å². The Hall–Kier alpha value is -4.55. The molecule has 1 unspecified atom stereocenters. The number of likely N-dealkylation sites (N-methyl/N-ethyl adjacent to an activating group) is 1. The molecule has 2 heterocycles. The second-order valence-electron chi connectivity index (χ2n) is 18.6. The summed E-state index contributed by atoms with van der Waals surface area (Å²) in [6.07, 6.45) is 2.26. The highest BCUT2D eigenvalue weighted by Gasteiger charge is 2.44. The molecule has 18 heteroatoms. The van der Waals surface area contributed by atoms with Gasteiger partial charge in [-0.25, -0.2) is 4.79 Å². The average molecular weight is 945 g/mol. The molecule has 66 heavy (non-hydrogen) atoms. The standard InChI is InChI=1S/C48H76N6O11S/c1-11-30(6)42(35(64-9)26-38(56)53-24-18-21-34(53)43(65-10)31(7)44(58)49-33(48(62)63)25-32-19-14-12-15-20-32)52(8)47(61)41(29(4)5)51-45(59)40(28(2)3)50-37(55)22-16-13-17-23-54-39(57)27-36(66)46(54)60/h12,14-15,19-20,28-31,33-36,40-43,66H,11,13,16-18,21-27H2,1-10H3,(H,49,58)(H,50,55)(H,51,59)(H,62,63)/t30-,31+,33-,34-,35+,36?,40-,41-,42-,43+/m0/s1. The van der Waals surface area contributed by atoms with E-state index in [1.54, 1.807) is 61.9 Å². The fraction of sp³-hybridized carbons (Fsp3) is 0.708. The number of unbranched alkanes of at least 4 members (excludes halogenated alkanes) is 2. The second-order valence-corrected chi connectivity index (χ2v) is 19.2. The third-order valence-electron chi connectivity index (χ3n) is 13.2. The first-order valence-electron chi connectivity index (χ1n) is 23.5. The van der Waals surface area contributed by atoms with Gasteiger partial charge >= 0.3 is 5.97 Å².